The van der Waals surface area contributed by atoms with Crippen molar-refractivity contribution in [2.45, 2.75) is 40.4 Å². The van der Waals surface area contributed by atoms with Crippen LogP contribution >= 0.6 is 0 Å². The molecule has 1 aliphatic heterocycles. The molecule has 0 saturated carbocycles. The van der Waals surface area contributed by atoms with E-state index in [9.17, 15) is 14.9 Å². The zero-order valence-electron chi connectivity index (χ0n) is 16.6. The van der Waals surface area contributed by atoms with Gasteiger partial charge in [0.05, 0.1) is 23.1 Å². The van der Waals surface area contributed by atoms with E-state index in [1.807, 2.05) is 23.4 Å². The minimum Gasteiger partial charge on any atom is -0.340 e. The lowest BCUT2D eigenvalue weighted by Crippen LogP contribution is -2.50. The summed E-state index contributed by atoms with van der Waals surface area (Å²) in [6.45, 7) is 11.0. The van der Waals surface area contributed by atoms with Gasteiger partial charge in [-0.25, -0.2) is 0 Å². The highest BCUT2D eigenvalue weighted by Crippen LogP contribution is 2.15. The summed E-state index contributed by atoms with van der Waals surface area (Å²) in [6, 6.07) is 0. The molecule has 1 unspecified atom stereocenters. The van der Waals surface area contributed by atoms with Crippen LogP contribution in [0.4, 0.5) is 5.69 Å². The van der Waals surface area contributed by atoms with Gasteiger partial charge in [-0.15, -0.1) is 0 Å². The number of hydrogen-bond donors (Lipinski definition) is 0. The van der Waals surface area contributed by atoms with E-state index in [-0.39, 0.29) is 17.5 Å². The summed E-state index contributed by atoms with van der Waals surface area (Å²) in [6.07, 6.45) is 4.66. The SMILES string of the molecule is CCn1cc(CN2CCN(C(=O)C(C)Cn3cc([N+](=O)[O-])cn3)CC2)c(C)n1. The molecule has 3 heterocycles. The lowest BCUT2D eigenvalue weighted by atomic mass is 10.1. The van der Waals surface area contributed by atoms with Crippen LogP contribution in [0.3, 0.4) is 0 Å². The van der Waals surface area contributed by atoms with Crippen LogP contribution in [0.1, 0.15) is 25.1 Å². The molecule has 1 atom stereocenters. The van der Waals surface area contributed by atoms with Crippen molar-refractivity contribution in [3.8, 4) is 0 Å². The molecule has 1 amide bonds. The largest absolute Gasteiger partial charge is 0.340 e. The van der Waals surface area contributed by atoms with E-state index in [0.29, 0.717) is 19.6 Å². The van der Waals surface area contributed by atoms with Crippen molar-refractivity contribution >= 4 is 11.6 Å². The lowest BCUT2D eigenvalue weighted by molar-refractivity contribution is -0.385. The van der Waals surface area contributed by atoms with E-state index in [0.717, 1.165) is 31.9 Å². The summed E-state index contributed by atoms with van der Waals surface area (Å²) in [4.78, 5) is 27.2. The van der Waals surface area contributed by atoms with E-state index >= 15 is 0 Å². The quantitative estimate of drug-likeness (QED) is 0.522. The molecule has 0 aromatic carbocycles. The number of nitrogens with zero attached hydrogens (tertiary/aromatic N) is 7. The number of rotatable bonds is 7. The minimum absolute atomic E-state index is 0.0602. The molecule has 1 saturated heterocycles. The minimum atomic E-state index is -0.485. The molecule has 0 N–H and O–H groups in total. The van der Waals surface area contributed by atoms with Crippen molar-refractivity contribution in [2.75, 3.05) is 26.2 Å². The van der Waals surface area contributed by atoms with Crippen LogP contribution in [0.15, 0.2) is 18.6 Å². The van der Waals surface area contributed by atoms with Crippen LogP contribution in [0.2, 0.25) is 0 Å². The third-order valence-corrected chi connectivity index (χ3v) is 5.16. The van der Waals surface area contributed by atoms with Crippen LogP contribution in [0.5, 0.6) is 0 Å². The predicted molar refractivity (Wildman–Crippen MR) is 103 cm³/mol. The van der Waals surface area contributed by atoms with Gasteiger partial charge in [-0.05, 0) is 13.8 Å². The highest BCUT2D eigenvalue weighted by Gasteiger charge is 2.26. The second kappa shape index (κ2) is 8.51. The van der Waals surface area contributed by atoms with E-state index in [1.165, 1.54) is 22.6 Å². The number of carbonyl (C=O) groups is 1. The van der Waals surface area contributed by atoms with Gasteiger partial charge in [-0.1, -0.05) is 6.92 Å². The maximum atomic E-state index is 12.7. The van der Waals surface area contributed by atoms with Crippen LogP contribution in [-0.4, -0.2) is 66.4 Å². The zero-order valence-corrected chi connectivity index (χ0v) is 16.6. The number of hydrogen-bond acceptors (Lipinski definition) is 6. The van der Waals surface area contributed by atoms with Crippen LogP contribution in [-0.2, 0) is 24.4 Å². The fourth-order valence-corrected chi connectivity index (χ4v) is 3.46. The Morgan fingerprint density at radius 2 is 1.96 bits per heavy atom. The Kier molecular flexibility index (Phi) is 6.08. The number of aryl methyl sites for hydroxylation is 2. The highest BCUT2D eigenvalue weighted by molar-refractivity contribution is 5.78. The van der Waals surface area contributed by atoms with Crippen LogP contribution < -0.4 is 0 Å². The molecule has 10 nitrogen and oxygen atoms in total. The van der Waals surface area contributed by atoms with Crippen molar-refractivity contribution in [2.24, 2.45) is 5.92 Å². The third-order valence-electron chi connectivity index (χ3n) is 5.16. The molecule has 1 aliphatic rings. The Labute approximate surface area is 163 Å². The van der Waals surface area contributed by atoms with Gasteiger partial charge < -0.3 is 4.90 Å². The average Bonchev–Trinajstić information content (AvgIpc) is 3.28. The van der Waals surface area contributed by atoms with Crippen molar-refractivity contribution < 1.29 is 9.72 Å². The van der Waals surface area contributed by atoms with Gasteiger partial charge in [-0.3, -0.25) is 29.2 Å². The summed E-state index contributed by atoms with van der Waals surface area (Å²) < 4.78 is 3.41. The average molecular weight is 389 g/mol. The van der Waals surface area contributed by atoms with Crippen molar-refractivity contribution in [1.82, 2.24) is 29.4 Å². The molecule has 28 heavy (non-hydrogen) atoms. The van der Waals surface area contributed by atoms with Crippen molar-refractivity contribution in [3.05, 3.63) is 40.0 Å². The van der Waals surface area contributed by atoms with E-state index in [4.69, 9.17) is 0 Å². The van der Waals surface area contributed by atoms with E-state index < -0.39 is 4.92 Å². The summed E-state index contributed by atoms with van der Waals surface area (Å²) in [5, 5.41) is 19.2. The monoisotopic (exact) mass is 389 g/mol. The fourth-order valence-electron chi connectivity index (χ4n) is 3.46. The van der Waals surface area contributed by atoms with Crippen molar-refractivity contribution in [1.29, 1.82) is 0 Å². The molecule has 0 radical (unpaired) electrons. The highest BCUT2D eigenvalue weighted by atomic mass is 16.6. The molecule has 2 aromatic heterocycles. The molecule has 3 rings (SSSR count). The first kappa shape index (κ1) is 20.0. The maximum absolute atomic E-state index is 12.7. The summed E-state index contributed by atoms with van der Waals surface area (Å²) >= 11 is 0. The number of piperazine rings is 1. The molecule has 0 bridgehead atoms. The first-order valence-electron chi connectivity index (χ1n) is 9.58. The Morgan fingerprint density at radius 1 is 1.25 bits per heavy atom. The van der Waals surface area contributed by atoms with Gasteiger partial charge in [0, 0.05) is 51.0 Å². The molecule has 0 aliphatic carbocycles. The number of aromatic nitrogens is 4. The normalized spacial score (nSPS) is 16.3. The predicted octanol–water partition coefficient (Wildman–Crippen LogP) is 1.30. The smallest absolute Gasteiger partial charge is 0.306 e. The second-order valence-electron chi connectivity index (χ2n) is 7.28. The number of amides is 1. The molecule has 10 heteroatoms. The maximum Gasteiger partial charge on any atom is 0.306 e. The van der Waals surface area contributed by atoms with Crippen LogP contribution in [0.25, 0.3) is 0 Å². The summed E-state index contributed by atoms with van der Waals surface area (Å²) in [7, 11) is 0. The molecular weight excluding hydrogens is 362 g/mol. The van der Waals surface area contributed by atoms with Crippen LogP contribution in [0, 0.1) is 23.0 Å². The van der Waals surface area contributed by atoms with Gasteiger partial charge in [0.15, 0.2) is 0 Å². The lowest BCUT2D eigenvalue weighted by Gasteiger charge is -2.35. The Bertz CT molecular complexity index is 836. The Morgan fingerprint density at radius 3 is 2.54 bits per heavy atom. The number of nitro groups is 1. The van der Waals surface area contributed by atoms with Gasteiger partial charge in [0.1, 0.15) is 12.4 Å². The number of carbonyl (C=O) groups excluding carboxylic acids is 1. The fraction of sp³-hybridized carbons (Fsp3) is 0.611. The van der Waals surface area contributed by atoms with Crippen molar-refractivity contribution in [3.63, 3.8) is 0 Å². The Hall–Kier alpha value is -2.75. The molecule has 152 valence electrons. The molecule has 1 fully saturated rings. The molecule has 2 aromatic rings. The standard InChI is InChI=1S/C18H27N7O3/c1-4-23-12-16(15(3)20-23)11-21-5-7-22(8-6-21)18(26)14(2)10-24-13-17(9-19-24)25(27)28/h9,12-14H,4-8,10-11H2,1-3H3. The topological polar surface area (TPSA) is 102 Å². The molecule has 0 spiro atoms. The summed E-state index contributed by atoms with van der Waals surface area (Å²) in [5.74, 6) is -0.219. The Balaban J connectivity index is 1.49. The first-order chi connectivity index (χ1) is 13.4. The first-order valence-corrected chi connectivity index (χ1v) is 9.58. The summed E-state index contributed by atoms with van der Waals surface area (Å²) in [5.41, 5.74) is 2.23. The van der Waals surface area contributed by atoms with Gasteiger partial charge in [-0.2, -0.15) is 10.2 Å². The van der Waals surface area contributed by atoms with E-state index in [1.54, 1.807) is 0 Å². The van der Waals surface area contributed by atoms with Gasteiger partial charge >= 0.3 is 5.69 Å². The van der Waals surface area contributed by atoms with E-state index in [2.05, 4.69) is 28.2 Å². The van der Waals surface area contributed by atoms with Gasteiger partial charge in [0.2, 0.25) is 5.91 Å². The zero-order chi connectivity index (χ0) is 20.3. The second-order valence-corrected chi connectivity index (χ2v) is 7.28. The molecular formula is C18H27N7O3. The third kappa shape index (κ3) is 4.56. The van der Waals surface area contributed by atoms with Gasteiger partial charge in [0.25, 0.3) is 0 Å².